The molecular formula is C15H29NO3. The predicted octanol–water partition coefficient (Wildman–Crippen LogP) is 1.85. The highest BCUT2D eigenvalue weighted by Gasteiger charge is 2.42. The van der Waals surface area contributed by atoms with Gasteiger partial charge < -0.3 is 19.9 Å². The highest BCUT2D eigenvalue weighted by molar-refractivity contribution is 5.01. The third kappa shape index (κ3) is 5.03. The van der Waals surface area contributed by atoms with Gasteiger partial charge in [-0.15, -0.1) is 0 Å². The minimum Gasteiger partial charge on any atom is -0.394 e. The van der Waals surface area contributed by atoms with Gasteiger partial charge in [-0.3, -0.25) is 0 Å². The van der Waals surface area contributed by atoms with Crippen LogP contribution in [0.4, 0.5) is 0 Å². The van der Waals surface area contributed by atoms with Gasteiger partial charge in [0.25, 0.3) is 0 Å². The first-order chi connectivity index (χ1) is 8.92. The lowest BCUT2D eigenvalue weighted by Gasteiger charge is -2.28. The first-order valence-electron chi connectivity index (χ1n) is 7.57. The van der Waals surface area contributed by atoms with Crippen LogP contribution in [0.3, 0.4) is 0 Å². The SMILES string of the molecule is CC(C)(C)OCCOC1CCC(CO)(NC2CC2)C1. The van der Waals surface area contributed by atoms with Gasteiger partial charge in [0.1, 0.15) is 0 Å². The van der Waals surface area contributed by atoms with Crippen molar-refractivity contribution in [3.05, 3.63) is 0 Å². The molecule has 2 aliphatic carbocycles. The minimum absolute atomic E-state index is 0.0866. The fourth-order valence-electron chi connectivity index (χ4n) is 2.76. The van der Waals surface area contributed by atoms with Crippen molar-refractivity contribution in [3.63, 3.8) is 0 Å². The van der Waals surface area contributed by atoms with Gasteiger partial charge in [0.2, 0.25) is 0 Å². The monoisotopic (exact) mass is 271 g/mol. The summed E-state index contributed by atoms with van der Waals surface area (Å²) in [4.78, 5) is 0. The Morgan fingerprint density at radius 2 is 1.95 bits per heavy atom. The molecule has 4 nitrogen and oxygen atoms in total. The maximum absolute atomic E-state index is 9.65. The lowest BCUT2D eigenvalue weighted by atomic mass is 9.98. The Labute approximate surface area is 116 Å². The van der Waals surface area contributed by atoms with Gasteiger partial charge in [0, 0.05) is 11.6 Å². The molecule has 2 fully saturated rings. The smallest absolute Gasteiger partial charge is 0.0707 e. The van der Waals surface area contributed by atoms with E-state index < -0.39 is 0 Å². The van der Waals surface area contributed by atoms with E-state index in [9.17, 15) is 5.11 Å². The van der Waals surface area contributed by atoms with Gasteiger partial charge in [-0.1, -0.05) is 0 Å². The highest BCUT2D eigenvalue weighted by Crippen LogP contribution is 2.35. The number of rotatable bonds is 7. The van der Waals surface area contributed by atoms with Gasteiger partial charge in [0.15, 0.2) is 0 Å². The van der Waals surface area contributed by atoms with Crippen LogP contribution in [-0.4, -0.2) is 48.2 Å². The molecule has 0 aliphatic heterocycles. The Kier molecular flexibility index (Phi) is 4.88. The van der Waals surface area contributed by atoms with Crippen molar-refractivity contribution in [2.75, 3.05) is 19.8 Å². The molecule has 0 heterocycles. The first kappa shape index (κ1) is 15.2. The van der Waals surface area contributed by atoms with E-state index in [1.165, 1.54) is 12.8 Å². The number of aliphatic hydroxyl groups is 1. The molecule has 0 aromatic rings. The number of aliphatic hydroxyl groups excluding tert-OH is 1. The Bertz CT molecular complexity index is 286. The molecule has 0 aromatic heterocycles. The zero-order chi connectivity index (χ0) is 13.9. The highest BCUT2D eigenvalue weighted by atomic mass is 16.5. The standard InChI is InChI=1S/C15H29NO3/c1-14(2,3)19-9-8-18-13-6-7-15(10-13,11-17)16-12-4-5-12/h12-13,16-17H,4-11H2,1-3H3. The number of hydrogen-bond donors (Lipinski definition) is 2. The lowest BCUT2D eigenvalue weighted by Crippen LogP contribution is -2.48. The van der Waals surface area contributed by atoms with E-state index in [1.54, 1.807) is 0 Å². The Morgan fingerprint density at radius 3 is 2.53 bits per heavy atom. The second-order valence-corrected chi connectivity index (χ2v) is 7.05. The summed E-state index contributed by atoms with van der Waals surface area (Å²) in [5.41, 5.74) is -0.182. The van der Waals surface area contributed by atoms with Gasteiger partial charge in [0.05, 0.1) is 31.5 Å². The van der Waals surface area contributed by atoms with Crippen LogP contribution in [0.25, 0.3) is 0 Å². The van der Waals surface area contributed by atoms with E-state index in [1.807, 2.05) is 0 Å². The van der Waals surface area contributed by atoms with Crippen molar-refractivity contribution in [1.82, 2.24) is 5.32 Å². The molecule has 112 valence electrons. The van der Waals surface area contributed by atoms with E-state index in [4.69, 9.17) is 9.47 Å². The quantitative estimate of drug-likeness (QED) is 0.694. The van der Waals surface area contributed by atoms with Crippen LogP contribution in [0, 0.1) is 0 Å². The molecule has 2 saturated carbocycles. The summed E-state index contributed by atoms with van der Waals surface area (Å²) in [5.74, 6) is 0. The molecule has 2 unspecified atom stereocenters. The zero-order valence-corrected chi connectivity index (χ0v) is 12.6. The van der Waals surface area contributed by atoms with E-state index >= 15 is 0 Å². The van der Waals surface area contributed by atoms with Crippen LogP contribution in [0.1, 0.15) is 52.9 Å². The van der Waals surface area contributed by atoms with E-state index in [0.29, 0.717) is 19.3 Å². The van der Waals surface area contributed by atoms with Crippen LogP contribution >= 0.6 is 0 Å². The Balaban J connectivity index is 1.66. The van der Waals surface area contributed by atoms with Crippen LogP contribution in [-0.2, 0) is 9.47 Å². The average molecular weight is 271 g/mol. The number of ether oxygens (including phenoxy) is 2. The van der Waals surface area contributed by atoms with Gasteiger partial charge in [-0.25, -0.2) is 0 Å². The van der Waals surface area contributed by atoms with Crippen molar-refractivity contribution < 1.29 is 14.6 Å². The zero-order valence-electron chi connectivity index (χ0n) is 12.6. The molecular weight excluding hydrogens is 242 g/mol. The summed E-state index contributed by atoms with van der Waals surface area (Å²) >= 11 is 0. The summed E-state index contributed by atoms with van der Waals surface area (Å²) in [6.07, 6.45) is 5.76. The molecule has 0 spiro atoms. The summed E-state index contributed by atoms with van der Waals surface area (Å²) < 4.78 is 11.5. The topological polar surface area (TPSA) is 50.7 Å². The number of hydrogen-bond acceptors (Lipinski definition) is 4. The Morgan fingerprint density at radius 1 is 1.21 bits per heavy atom. The van der Waals surface area contributed by atoms with Crippen LogP contribution < -0.4 is 5.32 Å². The fourth-order valence-corrected chi connectivity index (χ4v) is 2.76. The molecule has 0 saturated heterocycles. The molecule has 19 heavy (non-hydrogen) atoms. The number of nitrogens with one attached hydrogen (secondary N) is 1. The van der Waals surface area contributed by atoms with Crippen LogP contribution in [0.5, 0.6) is 0 Å². The van der Waals surface area contributed by atoms with Crippen molar-refractivity contribution in [3.8, 4) is 0 Å². The maximum Gasteiger partial charge on any atom is 0.0707 e. The molecule has 2 N–H and O–H groups in total. The Hall–Kier alpha value is -0.160. The fraction of sp³-hybridized carbons (Fsp3) is 1.00. The van der Waals surface area contributed by atoms with Crippen LogP contribution in [0.2, 0.25) is 0 Å². The molecule has 0 radical (unpaired) electrons. The molecule has 4 heteroatoms. The molecule has 2 aliphatic rings. The van der Waals surface area contributed by atoms with Crippen LogP contribution in [0.15, 0.2) is 0 Å². The molecule has 2 atom stereocenters. The third-order valence-corrected chi connectivity index (χ3v) is 3.93. The van der Waals surface area contributed by atoms with Crippen molar-refractivity contribution in [2.45, 2.75) is 76.2 Å². The van der Waals surface area contributed by atoms with E-state index in [2.05, 4.69) is 26.1 Å². The minimum atomic E-state index is -0.0958. The third-order valence-electron chi connectivity index (χ3n) is 3.93. The maximum atomic E-state index is 9.65. The van der Waals surface area contributed by atoms with Gasteiger partial charge >= 0.3 is 0 Å². The first-order valence-corrected chi connectivity index (χ1v) is 7.57. The van der Waals surface area contributed by atoms with Crippen molar-refractivity contribution >= 4 is 0 Å². The predicted molar refractivity (Wildman–Crippen MR) is 75.3 cm³/mol. The molecule has 0 bridgehead atoms. The van der Waals surface area contributed by atoms with Crippen molar-refractivity contribution in [1.29, 1.82) is 0 Å². The summed E-state index contributed by atoms with van der Waals surface area (Å²) in [6.45, 7) is 7.67. The van der Waals surface area contributed by atoms with E-state index in [0.717, 1.165) is 19.3 Å². The second kappa shape index (κ2) is 6.08. The van der Waals surface area contributed by atoms with E-state index in [-0.39, 0.29) is 23.9 Å². The summed E-state index contributed by atoms with van der Waals surface area (Å²) in [6, 6.07) is 0.634. The molecule has 0 aromatic carbocycles. The van der Waals surface area contributed by atoms with Gasteiger partial charge in [-0.2, -0.15) is 0 Å². The lowest BCUT2D eigenvalue weighted by molar-refractivity contribution is -0.0518. The largest absolute Gasteiger partial charge is 0.394 e. The van der Waals surface area contributed by atoms with Gasteiger partial charge in [-0.05, 0) is 52.9 Å². The molecule has 0 amide bonds. The second-order valence-electron chi connectivity index (χ2n) is 7.05. The molecule has 2 rings (SSSR count). The summed E-state index contributed by atoms with van der Waals surface area (Å²) in [7, 11) is 0. The summed E-state index contributed by atoms with van der Waals surface area (Å²) in [5, 5.41) is 13.2. The average Bonchev–Trinajstić information content (AvgIpc) is 3.04. The normalized spacial score (nSPS) is 31.9. The van der Waals surface area contributed by atoms with Crippen molar-refractivity contribution in [2.24, 2.45) is 0 Å².